The number of nitrogens with zero attached hydrogens (tertiary/aromatic N) is 1. The lowest BCUT2D eigenvalue weighted by Gasteiger charge is -2.20. The van der Waals surface area contributed by atoms with Crippen LogP contribution in [0, 0.1) is 11.8 Å². The summed E-state index contributed by atoms with van der Waals surface area (Å²) in [6, 6.07) is 0.440. The summed E-state index contributed by atoms with van der Waals surface area (Å²) in [7, 11) is 0. The van der Waals surface area contributed by atoms with Crippen LogP contribution in [0.2, 0.25) is 0 Å². The molecular formula is C11H16BrN3O. The van der Waals surface area contributed by atoms with E-state index in [4.69, 9.17) is 0 Å². The van der Waals surface area contributed by atoms with Crippen molar-refractivity contribution in [2.24, 2.45) is 11.8 Å². The maximum atomic E-state index is 11.4. The molecule has 1 aliphatic rings. The van der Waals surface area contributed by atoms with Gasteiger partial charge in [-0.15, -0.1) is 0 Å². The van der Waals surface area contributed by atoms with Crippen molar-refractivity contribution in [2.75, 3.05) is 5.32 Å². The van der Waals surface area contributed by atoms with Gasteiger partial charge in [0.15, 0.2) is 0 Å². The van der Waals surface area contributed by atoms with E-state index in [0.717, 1.165) is 18.0 Å². The van der Waals surface area contributed by atoms with Crippen LogP contribution >= 0.6 is 15.9 Å². The lowest BCUT2D eigenvalue weighted by molar-refractivity contribution is 0.435. The summed E-state index contributed by atoms with van der Waals surface area (Å²) in [5.41, 5.74) is 0.596. The van der Waals surface area contributed by atoms with Crippen molar-refractivity contribution in [1.29, 1.82) is 0 Å². The molecule has 0 aliphatic heterocycles. The standard InChI is InChI=1S/C11H16BrN3O/c1-6-3-4-8(7(6)2)14-9-5-13-15-11(16)10(9)12/h5-8H,3-4H2,1-2H3,(H2,14,15,16). The summed E-state index contributed by atoms with van der Waals surface area (Å²) in [5, 5.41) is 9.59. The highest BCUT2D eigenvalue weighted by Crippen LogP contribution is 2.33. The molecule has 3 atom stereocenters. The molecule has 0 bridgehead atoms. The van der Waals surface area contributed by atoms with Crippen molar-refractivity contribution < 1.29 is 0 Å². The molecule has 5 heteroatoms. The van der Waals surface area contributed by atoms with Crippen LogP contribution < -0.4 is 10.9 Å². The second-order valence-electron chi connectivity index (χ2n) is 4.59. The number of hydrogen-bond acceptors (Lipinski definition) is 3. The summed E-state index contributed by atoms with van der Waals surface area (Å²) in [6.45, 7) is 4.53. The molecule has 0 spiro atoms. The van der Waals surface area contributed by atoms with E-state index in [1.54, 1.807) is 6.20 Å². The van der Waals surface area contributed by atoms with Gasteiger partial charge in [-0.3, -0.25) is 4.79 Å². The Bertz CT molecular complexity index is 431. The molecule has 4 nitrogen and oxygen atoms in total. The van der Waals surface area contributed by atoms with Crippen LogP contribution in [0.5, 0.6) is 0 Å². The zero-order chi connectivity index (χ0) is 11.7. The van der Waals surface area contributed by atoms with Crippen LogP contribution in [-0.4, -0.2) is 16.2 Å². The average molecular weight is 286 g/mol. The molecule has 1 aromatic heterocycles. The van der Waals surface area contributed by atoms with Crippen molar-refractivity contribution in [3.8, 4) is 0 Å². The number of hydrogen-bond donors (Lipinski definition) is 2. The van der Waals surface area contributed by atoms with E-state index in [0.29, 0.717) is 16.4 Å². The van der Waals surface area contributed by atoms with Crippen LogP contribution in [-0.2, 0) is 0 Å². The van der Waals surface area contributed by atoms with Gasteiger partial charge in [0.1, 0.15) is 4.47 Å². The topological polar surface area (TPSA) is 57.8 Å². The predicted molar refractivity (Wildman–Crippen MR) is 67.5 cm³/mol. The molecule has 1 fully saturated rings. The van der Waals surface area contributed by atoms with Gasteiger partial charge >= 0.3 is 0 Å². The fraction of sp³-hybridized carbons (Fsp3) is 0.636. The summed E-state index contributed by atoms with van der Waals surface area (Å²) < 4.78 is 0.536. The third-order valence-corrected chi connectivity index (χ3v) is 4.39. The molecule has 1 saturated carbocycles. The molecule has 0 radical (unpaired) electrons. The van der Waals surface area contributed by atoms with Gasteiger partial charge in [0.05, 0.1) is 11.9 Å². The Balaban J connectivity index is 2.16. The van der Waals surface area contributed by atoms with Crippen molar-refractivity contribution in [2.45, 2.75) is 32.7 Å². The molecule has 88 valence electrons. The van der Waals surface area contributed by atoms with E-state index in [2.05, 4.69) is 45.3 Å². The molecule has 2 rings (SSSR count). The Labute approximate surface area is 103 Å². The van der Waals surface area contributed by atoms with E-state index in [1.807, 2.05) is 0 Å². The maximum Gasteiger partial charge on any atom is 0.280 e. The zero-order valence-corrected chi connectivity index (χ0v) is 11.0. The smallest absolute Gasteiger partial charge is 0.280 e. The first kappa shape index (κ1) is 11.6. The number of rotatable bonds is 2. The quantitative estimate of drug-likeness (QED) is 0.877. The lowest BCUT2D eigenvalue weighted by Crippen LogP contribution is -2.25. The fourth-order valence-corrected chi connectivity index (χ4v) is 2.56. The first-order chi connectivity index (χ1) is 7.59. The van der Waals surface area contributed by atoms with E-state index >= 15 is 0 Å². The fourth-order valence-electron chi connectivity index (χ4n) is 2.25. The maximum absolute atomic E-state index is 11.4. The number of halogens is 1. The third kappa shape index (κ3) is 2.14. The second kappa shape index (κ2) is 4.57. The SMILES string of the molecule is CC1CCC(Nc2cn[nH]c(=O)c2Br)C1C. The number of nitrogens with one attached hydrogen (secondary N) is 2. The molecule has 1 aliphatic carbocycles. The Hall–Kier alpha value is -0.840. The Morgan fingerprint density at radius 2 is 2.25 bits per heavy atom. The first-order valence-corrected chi connectivity index (χ1v) is 6.38. The first-order valence-electron chi connectivity index (χ1n) is 5.59. The molecule has 0 saturated heterocycles. The van der Waals surface area contributed by atoms with E-state index in [-0.39, 0.29) is 5.56 Å². The van der Waals surface area contributed by atoms with Gasteiger partial charge in [-0.2, -0.15) is 5.10 Å². The average Bonchev–Trinajstić information content (AvgIpc) is 2.57. The van der Waals surface area contributed by atoms with Crippen molar-refractivity contribution >= 4 is 21.6 Å². The summed E-state index contributed by atoms with van der Waals surface area (Å²) in [4.78, 5) is 11.4. The van der Waals surface area contributed by atoms with Gasteiger partial charge in [-0.1, -0.05) is 13.8 Å². The van der Waals surface area contributed by atoms with Gasteiger partial charge in [-0.05, 0) is 40.6 Å². The van der Waals surface area contributed by atoms with Crippen molar-refractivity contribution in [3.63, 3.8) is 0 Å². The Morgan fingerprint density at radius 3 is 2.88 bits per heavy atom. The highest BCUT2D eigenvalue weighted by Gasteiger charge is 2.29. The van der Waals surface area contributed by atoms with Gasteiger partial charge in [0.25, 0.3) is 5.56 Å². The molecule has 0 amide bonds. The van der Waals surface area contributed by atoms with Crippen LogP contribution in [0.1, 0.15) is 26.7 Å². The molecular weight excluding hydrogens is 270 g/mol. The number of aromatic amines is 1. The van der Waals surface area contributed by atoms with Gasteiger partial charge in [0, 0.05) is 6.04 Å². The minimum absolute atomic E-state index is 0.191. The molecule has 16 heavy (non-hydrogen) atoms. The molecule has 3 unspecified atom stereocenters. The monoisotopic (exact) mass is 285 g/mol. The van der Waals surface area contributed by atoms with E-state index in [1.165, 1.54) is 6.42 Å². The highest BCUT2D eigenvalue weighted by atomic mass is 79.9. The van der Waals surface area contributed by atoms with E-state index in [9.17, 15) is 4.79 Å². The van der Waals surface area contributed by atoms with Crippen LogP contribution in [0.3, 0.4) is 0 Å². The van der Waals surface area contributed by atoms with Crippen LogP contribution in [0.4, 0.5) is 5.69 Å². The molecule has 1 aromatic rings. The highest BCUT2D eigenvalue weighted by molar-refractivity contribution is 9.10. The predicted octanol–water partition coefficient (Wildman–Crippen LogP) is 2.38. The minimum Gasteiger partial charge on any atom is -0.380 e. The van der Waals surface area contributed by atoms with Crippen molar-refractivity contribution in [3.05, 3.63) is 21.0 Å². The van der Waals surface area contributed by atoms with Crippen LogP contribution in [0.25, 0.3) is 0 Å². The third-order valence-electron chi connectivity index (χ3n) is 3.60. The lowest BCUT2D eigenvalue weighted by atomic mass is 9.98. The van der Waals surface area contributed by atoms with Gasteiger partial charge < -0.3 is 5.32 Å². The minimum atomic E-state index is -0.191. The molecule has 2 N–H and O–H groups in total. The van der Waals surface area contributed by atoms with Gasteiger partial charge in [0.2, 0.25) is 0 Å². The Morgan fingerprint density at radius 1 is 1.50 bits per heavy atom. The summed E-state index contributed by atoms with van der Waals surface area (Å²) in [6.07, 6.45) is 4.05. The van der Waals surface area contributed by atoms with E-state index < -0.39 is 0 Å². The summed E-state index contributed by atoms with van der Waals surface area (Å²) in [5.74, 6) is 1.37. The second-order valence-corrected chi connectivity index (χ2v) is 5.38. The largest absolute Gasteiger partial charge is 0.380 e. The Kier molecular flexibility index (Phi) is 3.33. The molecule has 1 heterocycles. The summed E-state index contributed by atoms with van der Waals surface area (Å²) >= 11 is 3.28. The normalized spacial score (nSPS) is 29.3. The zero-order valence-electron chi connectivity index (χ0n) is 9.46. The van der Waals surface area contributed by atoms with Crippen molar-refractivity contribution in [1.82, 2.24) is 10.2 Å². The van der Waals surface area contributed by atoms with Gasteiger partial charge in [-0.25, -0.2) is 5.10 Å². The molecule has 0 aromatic carbocycles. The number of H-pyrrole nitrogens is 1. The van der Waals surface area contributed by atoms with Crippen LogP contribution in [0.15, 0.2) is 15.5 Å². The number of anilines is 1. The number of aromatic nitrogens is 2.